The standard InChI is InChI=1S/C15H15Cl2NO3/c1-15(2)10(7-11(16)17)12(15)13(19)18-9-5-3-4-8(6-9)14(20)21/h3-7,10,12H,1-2H3,(H,18,19)(H,20,21)/t10-,12-/m0/s1. The third-order valence-electron chi connectivity index (χ3n) is 3.88. The van der Waals surface area contributed by atoms with Crippen LogP contribution in [-0.4, -0.2) is 17.0 Å². The number of hydrogen-bond donors (Lipinski definition) is 2. The summed E-state index contributed by atoms with van der Waals surface area (Å²) in [6.07, 6.45) is 1.67. The van der Waals surface area contributed by atoms with Gasteiger partial charge in [-0.2, -0.15) is 0 Å². The van der Waals surface area contributed by atoms with Crippen LogP contribution in [0.2, 0.25) is 0 Å². The Morgan fingerprint density at radius 3 is 2.57 bits per heavy atom. The zero-order chi connectivity index (χ0) is 15.8. The molecule has 0 spiro atoms. The van der Waals surface area contributed by atoms with Crippen LogP contribution in [0, 0.1) is 17.3 Å². The summed E-state index contributed by atoms with van der Waals surface area (Å²) in [6, 6.07) is 6.13. The molecular weight excluding hydrogens is 313 g/mol. The van der Waals surface area contributed by atoms with Gasteiger partial charge >= 0.3 is 5.97 Å². The number of hydrogen-bond acceptors (Lipinski definition) is 2. The predicted octanol–water partition coefficient (Wildman–Crippen LogP) is 3.91. The minimum absolute atomic E-state index is 0.0230. The number of carboxylic acid groups (broad SMARTS) is 1. The molecular formula is C15H15Cl2NO3. The first-order valence-electron chi connectivity index (χ1n) is 6.40. The Morgan fingerprint density at radius 2 is 2.00 bits per heavy atom. The van der Waals surface area contributed by atoms with Crippen molar-refractivity contribution in [3.63, 3.8) is 0 Å². The Labute approximate surface area is 132 Å². The van der Waals surface area contributed by atoms with E-state index in [4.69, 9.17) is 28.3 Å². The van der Waals surface area contributed by atoms with Gasteiger partial charge in [0.2, 0.25) is 5.91 Å². The van der Waals surface area contributed by atoms with E-state index in [0.29, 0.717) is 5.69 Å². The average molecular weight is 328 g/mol. The molecule has 0 unspecified atom stereocenters. The fourth-order valence-electron chi connectivity index (χ4n) is 2.58. The van der Waals surface area contributed by atoms with Gasteiger partial charge in [-0.1, -0.05) is 43.1 Å². The highest BCUT2D eigenvalue weighted by atomic mass is 35.5. The maximum absolute atomic E-state index is 12.3. The minimum atomic E-state index is -1.03. The third-order valence-corrected chi connectivity index (χ3v) is 4.13. The molecule has 0 bridgehead atoms. The molecule has 2 rings (SSSR count). The van der Waals surface area contributed by atoms with Crippen LogP contribution in [-0.2, 0) is 4.79 Å². The zero-order valence-corrected chi connectivity index (χ0v) is 13.1. The first-order valence-corrected chi connectivity index (χ1v) is 7.16. The number of amides is 1. The lowest BCUT2D eigenvalue weighted by atomic mass is 10.1. The van der Waals surface area contributed by atoms with Crippen molar-refractivity contribution in [2.45, 2.75) is 13.8 Å². The molecule has 6 heteroatoms. The highest BCUT2D eigenvalue weighted by Crippen LogP contribution is 2.60. The van der Waals surface area contributed by atoms with Crippen molar-refractivity contribution >= 4 is 40.8 Å². The number of allylic oxidation sites excluding steroid dienone is 1. The molecule has 2 N–H and O–H groups in total. The maximum Gasteiger partial charge on any atom is 0.335 e. The van der Waals surface area contributed by atoms with Gasteiger partial charge in [0.15, 0.2) is 0 Å². The van der Waals surface area contributed by atoms with Gasteiger partial charge < -0.3 is 10.4 Å². The quantitative estimate of drug-likeness (QED) is 0.880. The molecule has 1 fully saturated rings. The van der Waals surface area contributed by atoms with Crippen LogP contribution >= 0.6 is 23.2 Å². The summed E-state index contributed by atoms with van der Waals surface area (Å²) in [5.74, 6) is -1.46. The van der Waals surface area contributed by atoms with E-state index in [1.165, 1.54) is 12.1 Å². The Morgan fingerprint density at radius 1 is 1.33 bits per heavy atom. The minimum Gasteiger partial charge on any atom is -0.478 e. The number of carbonyl (C=O) groups excluding carboxylic acids is 1. The van der Waals surface area contributed by atoms with E-state index in [2.05, 4.69) is 5.32 Å². The van der Waals surface area contributed by atoms with Gasteiger partial charge in [0.25, 0.3) is 0 Å². The van der Waals surface area contributed by atoms with Gasteiger partial charge in [-0.15, -0.1) is 0 Å². The van der Waals surface area contributed by atoms with E-state index in [1.54, 1.807) is 18.2 Å². The van der Waals surface area contributed by atoms with Crippen LogP contribution in [0.25, 0.3) is 0 Å². The summed E-state index contributed by atoms with van der Waals surface area (Å²) in [6.45, 7) is 3.92. The molecule has 0 saturated heterocycles. The number of anilines is 1. The second-order valence-corrected chi connectivity index (χ2v) is 6.66. The van der Waals surface area contributed by atoms with Gasteiger partial charge in [-0.25, -0.2) is 4.79 Å². The fourth-order valence-corrected chi connectivity index (χ4v) is 2.85. The number of carbonyl (C=O) groups is 2. The molecule has 0 aromatic heterocycles. The summed E-state index contributed by atoms with van der Waals surface area (Å²) >= 11 is 11.3. The van der Waals surface area contributed by atoms with Crippen LogP contribution in [0.15, 0.2) is 34.8 Å². The average Bonchev–Trinajstić information content (AvgIpc) is 2.90. The van der Waals surface area contributed by atoms with E-state index in [-0.39, 0.29) is 33.2 Å². The number of carboxylic acids is 1. The van der Waals surface area contributed by atoms with E-state index in [0.717, 1.165) is 0 Å². The monoisotopic (exact) mass is 327 g/mol. The number of rotatable bonds is 4. The summed E-state index contributed by atoms with van der Waals surface area (Å²) in [5, 5.41) is 11.7. The third kappa shape index (κ3) is 3.39. The molecule has 0 aliphatic heterocycles. The maximum atomic E-state index is 12.3. The first kappa shape index (κ1) is 15.9. The Balaban J connectivity index is 2.11. The topological polar surface area (TPSA) is 66.4 Å². The van der Waals surface area contributed by atoms with Crippen LogP contribution in [0.3, 0.4) is 0 Å². The van der Waals surface area contributed by atoms with E-state index in [9.17, 15) is 9.59 Å². The van der Waals surface area contributed by atoms with Crippen molar-refractivity contribution in [1.29, 1.82) is 0 Å². The lowest BCUT2D eigenvalue weighted by Gasteiger charge is -2.06. The summed E-state index contributed by atoms with van der Waals surface area (Å²) in [7, 11) is 0. The molecule has 0 heterocycles. The largest absolute Gasteiger partial charge is 0.478 e. The molecule has 1 aliphatic carbocycles. The smallest absolute Gasteiger partial charge is 0.335 e. The Hall–Kier alpha value is -1.52. The number of benzene rings is 1. The van der Waals surface area contributed by atoms with Crippen LogP contribution in [0.5, 0.6) is 0 Å². The number of aromatic carboxylic acids is 1. The molecule has 112 valence electrons. The van der Waals surface area contributed by atoms with Gasteiger partial charge in [-0.05, 0) is 35.6 Å². The van der Waals surface area contributed by atoms with Crippen molar-refractivity contribution in [1.82, 2.24) is 0 Å². The van der Waals surface area contributed by atoms with Crippen molar-refractivity contribution in [3.05, 3.63) is 40.4 Å². The summed E-state index contributed by atoms with van der Waals surface area (Å²) in [5.41, 5.74) is 0.370. The van der Waals surface area contributed by atoms with Crippen LogP contribution in [0.4, 0.5) is 5.69 Å². The molecule has 2 atom stereocenters. The van der Waals surface area contributed by atoms with Crippen molar-refractivity contribution in [2.24, 2.45) is 17.3 Å². The van der Waals surface area contributed by atoms with Crippen LogP contribution < -0.4 is 5.32 Å². The molecule has 1 aromatic rings. The first-order chi connectivity index (χ1) is 9.73. The second-order valence-electron chi connectivity index (χ2n) is 5.66. The van der Waals surface area contributed by atoms with Gasteiger partial charge in [-0.3, -0.25) is 4.79 Å². The predicted molar refractivity (Wildman–Crippen MR) is 82.6 cm³/mol. The highest BCUT2D eigenvalue weighted by molar-refractivity contribution is 6.55. The second kappa shape index (κ2) is 5.70. The molecule has 1 aliphatic rings. The lowest BCUT2D eigenvalue weighted by molar-refractivity contribution is -0.118. The normalized spacial score (nSPS) is 22.3. The van der Waals surface area contributed by atoms with E-state index >= 15 is 0 Å². The van der Waals surface area contributed by atoms with Crippen molar-refractivity contribution in [3.8, 4) is 0 Å². The molecule has 21 heavy (non-hydrogen) atoms. The van der Waals surface area contributed by atoms with Crippen molar-refractivity contribution < 1.29 is 14.7 Å². The molecule has 4 nitrogen and oxygen atoms in total. The SMILES string of the molecule is CC1(C)[C@H](C(=O)Nc2cccc(C(=O)O)c2)[C@@H]1C=C(Cl)Cl. The van der Waals surface area contributed by atoms with Gasteiger partial charge in [0.05, 0.1) is 11.5 Å². The Kier molecular flexibility index (Phi) is 4.30. The number of nitrogens with one attached hydrogen (secondary N) is 1. The van der Waals surface area contributed by atoms with Crippen LogP contribution in [0.1, 0.15) is 24.2 Å². The van der Waals surface area contributed by atoms with E-state index in [1.807, 2.05) is 13.8 Å². The summed E-state index contributed by atoms with van der Waals surface area (Å²) in [4.78, 5) is 23.2. The lowest BCUT2D eigenvalue weighted by Crippen LogP contribution is -2.17. The molecule has 1 saturated carbocycles. The molecule has 1 amide bonds. The van der Waals surface area contributed by atoms with E-state index < -0.39 is 5.97 Å². The highest BCUT2D eigenvalue weighted by Gasteiger charge is 2.60. The Bertz CT molecular complexity index is 621. The molecule has 1 aromatic carbocycles. The number of halogens is 2. The summed E-state index contributed by atoms with van der Waals surface area (Å²) < 4.78 is 0.149. The van der Waals surface area contributed by atoms with Crippen molar-refractivity contribution in [2.75, 3.05) is 5.32 Å². The molecule has 0 radical (unpaired) electrons. The fraction of sp³-hybridized carbons (Fsp3) is 0.333. The zero-order valence-electron chi connectivity index (χ0n) is 11.6. The van der Waals surface area contributed by atoms with Gasteiger partial charge in [0.1, 0.15) is 4.49 Å². The van der Waals surface area contributed by atoms with Gasteiger partial charge in [0, 0.05) is 5.69 Å².